The number of thioether (sulfide) groups is 1. The molecule has 0 radical (unpaired) electrons. The topological polar surface area (TPSA) is 98.6 Å². The number of amides is 2. The molecule has 180 valence electrons. The van der Waals surface area contributed by atoms with E-state index >= 15 is 0 Å². The molecule has 3 heterocycles. The van der Waals surface area contributed by atoms with Gasteiger partial charge in [0.05, 0.1) is 16.6 Å². The summed E-state index contributed by atoms with van der Waals surface area (Å²) < 4.78 is 12.9. The smallest absolute Gasteiger partial charge is 0.244 e. The summed E-state index contributed by atoms with van der Waals surface area (Å²) in [5.74, 6) is 1.54. The van der Waals surface area contributed by atoms with Gasteiger partial charge in [-0.3, -0.25) is 19.1 Å². The van der Waals surface area contributed by atoms with Crippen molar-refractivity contribution in [2.24, 2.45) is 0 Å². The highest BCUT2D eigenvalue weighted by Gasteiger charge is 2.31. The first-order valence-electron chi connectivity index (χ1n) is 11.4. The van der Waals surface area contributed by atoms with Gasteiger partial charge < -0.3 is 14.8 Å². The van der Waals surface area contributed by atoms with Gasteiger partial charge in [0.2, 0.25) is 18.6 Å². The number of carbonyl (C=O) groups excluding carboxylic acids is 2. The largest absolute Gasteiger partial charge is 0.454 e. The predicted molar refractivity (Wildman–Crippen MR) is 136 cm³/mol. The van der Waals surface area contributed by atoms with Crippen LogP contribution < -0.4 is 19.7 Å². The summed E-state index contributed by atoms with van der Waals surface area (Å²) in [6.45, 7) is 1.96. The van der Waals surface area contributed by atoms with Crippen LogP contribution in [0.1, 0.15) is 6.92 Å². The van der Waals surface area contributed by atoms with Gasteiger partial charge in [0.1, 0.15) is 6.54 Å². The molecule has 3 aromatic carbocycles. The van der Waals surface area contributed by atoms with E-state index in [2.05, 4.69) is 15.5 Å². The lowest BCUT2D eigenvalue weighted by molar-refractivity contribution is -0.121. The summed E-state index contributed by atoms with van der Waals surface area (Å²) in [4.78, 5) is 27.3. The van der Waals surface area contributed by atoms with Crippen molar-refractivity contribution < 1.29 is 19.1 Å². The molecule has 36 heavy (non-hydrogen) atoms. The second kappa shape index (κ2) is 9.04. The predicted octanol–water partition coefficient (Wildman–Crippen LogP) is 4.13. The summed E-state index contributed by atoms with van der Waals surface area (Å²) in [6.07, 6.45) is 0. The normalized spacial score (nSPS) is 14.8. The van der Waals surface area contributed by atoms with Crippen molar-refractivity contribution >= 4 is 35.0 Å². The summed E-state index contributed by atoms with van der Waals surface area (Å²) >= 11 is 1.29. The third-order valence-electron chi connectivity index (χ3n) is 5.95. The Kier molecular flexibility index (Phi) is 5.57. The van der Waals surface area contributed by atoms with Crippen molar-refractivity contribution in [2.75, 3.05) is 23.6 Å². The average Bonchev–Trinajstić information content (AvgIpc) is 3.54. The van der Waals surface area contributed by atoms with Crippen LogP contribution in [0, 0.1) is 0 Å². The molecule has 10 heteroatoms. The molecule has 0 fully saturated rings. The number of hydrogen-bond donors (Lipinski definition) is 1. The first kappa shape index (κ1) is 22.2. The van der Waals surface area contributed by atoms with E-state index in [0.717, 1.165) is 11.3 Å². The van der Waals surface area contributed by atoms with Crippen LogP contribution in [0.15, 0.2) is 78.0 Å². The molecule has 2 aliphatic heterocycles. The molecule has 4 aromatic rings. The van der Waals surface area contributed by atoms with E-state index in [0.29, 0.717) is 33.9 Å². The Morgan fingerprint density at radius 1 is 1.00 bits per heavy atom. The maximum atomic E-state index is 13.5. The summed E-state index contributed by atoms with van der Waals surface area (Å²) in [5, 5.41) is 11.8. The summed E-state index contributed by atoms with van der Waals surface area (Å²) in [7, 11) is 0. The molecule has 9 nitrogen and oxygen atoms in total. The van der Waals surface area contributed by atoms with E-state index in [9.17, 15) is 9.59 Å². The van der Waals surface area contributed by atoms with Crippen LogP contribution in [0.25, 0.3) is 17.1 Å². The third-order valence-corrected chi connectivity index (χ3v) is 6.98. The molecule has 0 bridgehead atoms. The second-order valence-corrected chi connectivity index (χ2v) is 9.60. The number of rotatable bonds is 5. The van der Waals surface area contributed by atoms with Gasteiger partial charge in [-0.05, 0) is 49.4 Å². The van der Waals surface area contributed by atoms with Gasteiger partial charge in [-0.2, -0.15) is 0 Å². The first-order chi connectivity index (χ1) is 17.6. The molecular formula is C26H21N5O4S. The minimum absolute atomic E-state index is 0.0332. The van der Waals surface area contributed by atoms with Crippen LogP contribution in [0.4, 0.5) is 11.4 Å². The molecule has 0 saturated heterocycles. The van der Waals surface area contributed by atoms with E-state index in [-0.39, 0.29) is 25.2 Å². The zero-order chi connectivity index (χ0) is 24.6. The molecule has 6 rings (SSSR count). The van der Waals surface area contributed by atoms with Crippen LogP contribution in [0.5, 0.6) is 11.5 Å². The average molecular weight is 500 g/mol. The number of nitrogens with one attached hydrogen (secondary N) is 1. The standard InChI is InChI=1S/C26H21N5O4S/c1-16(25(33)30-14-23(32)27-19-9-5-6-10-20(19)30)36-26-29-28-24(31(26)18-7-3-2-4-8-18)17-11-12-21-22(13-17)35-15-34-21/h2-13,16H,14-15H2,1H3,(H,27,32)/t16-/m1/s1. The van der Waals surface area contributed by atoms with Gasteiger partial charge in [-0.1, -0.05) is 42.1 Å². The number of ether oxygens (including phenoxy) is 2. The number of anilines is 2. The Morgan fingerprint density at radius 3 is 2.64 bits per heavy atom. The Hall–Kier alpha value is -4.31. The van der Waals surface area contributed by atoms with Gasteiger partial charge in [-0.15, -0.1) is 10.2 Å². The summed E-state index contributed by atoms with van der Waals surface area (Å²) in [5.41, 5.74) is 2.97. The molecule has 1 atom stereocenters. The Bertz CT molecular complexity index is 1470. The van der Waals surface area contributed by atoms with Gasteiger partial charge >= 0.3 is 0 Å². The van der Waals surface area contributed by atoms with Gasteiger partial charge in [0.15, 0.2) is 22.5 Å². The lowest BCUT2D eigenvalue weighted by atomic mass is 10.2. The lowest BCUT2D eigenvalue weighted by Crippen LogP contribution is -2.45. The van der Waals surface area contributed by atoms with Gasteiger partial charge in [0, 0.05) is 11.3 Å². The van der Waals surface area contributed by atoms with Crippen molar-refractivity contribution in [3.05, 3.63) is 72.8 Å². The molecule has 0 saturated carbocycles. The van der Waals surface area contributed by atoms with Crippen molar-refractivity contribution in [1.82, 2.24) is 14.8 Å². The third kappa shape index (κ3) is 3.95. The molecule has 0 unspecified atom stereocenters. The highest BCUT2D eigenvalue weighted by Crippen LogP contribution is 2.38. The number of para-hydroxylation sites is 3. The fraction of sp³-hybridized carbons (Fsp3) is 0.154. The van der Waals surface area contributed by atoms with Crippen molar-refractivity contribution in [1.29, 1.82) is 0 Å². The lowest BCUT2D eigenvalue weighted by Gasteiger charge is -2.30. The van der Waals surface area contributed by atoms with Gasteiger partial charge in [-0.25, -0.2) is 0 Å². The zero-order valence-electron chi connectivity index (χ0n) is 19.2. The fourth-order valence-electron chi connectivity index (χ4n) is 4.24. The van der Waals surface area contributed by atoms with Crippen LogP contribution in [-0.2, 0) is 9.59 Å². The van der Waals surface area contributed by atoms with Crippen molar-refractivity contribution in [3.8, 4) is 28.6 Å². The molecule has 2 aliphatic rings. The molecule has 0 spiro atoms. The van der Waals surface area contributed by atoms with Crippen LogP contribution in [0.2, 0.25) is 0 Å². The van der Waals surface area contributed by atoms with E-state index in [1.165, 1.54) is 16.7 Å². The van der Waals surface area contributed by atoms with Crippen molar-refractivity contribution in [2.45, 2.75) is 17.3 Å². The fourth-order valence-corrected chi connectivity index (χ4v) is 5.17. The van der Waals surface area contributed by atoms with E-state index in [1.807, 2.05) is 78.2 Å². The van der Waals surface area contributed by atoms with Crippen LogP contribution in [-0.4, -0.2) is 45.2 Å². The number of fused-ring (bicyclic) bond motifs is 2. The van der Waals surface area contributed by atoms with Gasteiger partial charge in [0.25, 0.3) is 0 Å². The van der Waals surface area contributed by atoms with E-state index in [4.69, 9.17) is 9.47 Å². The summed E-state index contributed by atoms with van der Waals surface area (Å²) in [6, 6.07) is 22.6. The quantitative estimate of drug-likeness (QED) is 0.412. The first-order valence-corrected chi connectivity index (χ1v) is 12.2. The molecule has 2 amide bonds. The number of carbonyl (C=O) groups is 2. The highest BCUT2D eigenvalue weighted by molar-refractivity contribution is 8.00. The maximum absolute atomic E-state index is 13.5. The van der Waals surface area contributed by atoms with Crippen molar-refractivity contribution in [3.63, 3.8) is 0 Å². The maximum Gasteiger partial charge on any atom is 0.244 e. The monoisotopic (exact) mass is 499 g/mol. The second-order valence-electron chi connectivity index (χ2n) is 8.29. The zero-order valence-corrected chi connectivity index (χ0v) is 20.1. The Balaban J connectivity index is 1.34. The molecule has 1 N–H and O–H groups in total. The molecule has 0 aliphatic carbocycles. The number of nitrogens with zero attached hydrogens (tertiary/aromatic N) is 4. The minimum Gasteiger partial charge on any atom is -0.454 e. The van der Waals surface area contributed by atoms with E-state index < -0.39 is 5.25 Å². The van der Waals surface area contributed by atoms with E-state index in [1.54, 1.807) is 6.07 Å². The SMILES string of the molecule is C[C@@H](Sc1nnc(-c2ccc3c(c2)OCO3)n1-c1ccccc1)C(=O)N1CC(=O)Nc2ccccc21. The number of hydrogen-bond acceptors (Lipinski definition) is 7. The van der Waals surface area contributed by atoms with Crippen LogP contribution >= 0.6 is 11.8 Å². The highest BCUT2D eigenvalue weighted by atomic mass is 32.2. The minimum atomic E-state index is -0.528. The Morgan fingerprint density at radius 2 is 1.78 bits per heavy atom. The number of aromatic nitrogens is 3. The number of benzene rings is 3. The Labute approximate surface area is 211 Å². The van der Waals surface area contributed by atoms with Crippen LogP contribution in [0.3, 0.4) is 0 Å². The molecular weight excluding hydrogens is 478 g/mol. The molecule has 1 aromatic heterocycles.